The van der Waals surface area contributed by atoms with Crippen LogP contribution in [0, 0.1) is 3.57 Å². The maximum absolute atomic E-state index is 12.0. The van der Waals surface area contributed by atoms with Gasteiger partial charge < -0.3 is 15.8 Å². The van der Waals surface area contributed by atoms with Crippen LogP contribution in [-0.4, -0.2) is 13.0 Å². The minimum atomic E-state index is -0.199. The summed E-state index contributed by atoms with van der Waals surface area (Å²) in [4.78, 5) is 12.0. The Kier molecular flexibility index (Phi) is 4.26. The normalized spacial score (nSPS) is 10.0. The summed E-state index contributed by atoms with van der Waals surface area (Å²) in [5, 5.41) is 2.81. The fourth-order valence-electron chi connectivity index (χ4n) is 1.61. The van der Waals surface area contributed by atoms with Crippen molar-refractivity contribution in [1.29, 1.82) is 0 Å². The Bertz CT molecular complexity index is 597. The molecule has 0 radical (unpaired) electrons. The van der Waals surface area contributed by atoms with Crippen LogP contribution in [0.1, 0.15) is 10.4 Å². The highest BCUT2D eigenvalue weighted by molar-refractivity contribution is 14.1. The molecule has 0 aliphatic rings. The van der Waals surface area contributed by atoms with Gasteiger partial charge in [-0.15, -0.1) is 0 Å². The summed E-state index contributed by atoms with van der Waals surface area (Å²) in [6.45, 7) is 0. The molecule has 0 aliphatic heterocycles. The van der Waals surface area contributed by atoms with Crippen LogP contribution in [0.4, 0.5) is 11.4 Å². The number of nitrogens with two attached hydrogens (primary N) is 1. The third kappa shape index (κ3) is 3.37. The Labute approximate surface area is 125 Å². The lowest BCUT2D eigenvalue weighted by Crippen LogP contribution is -2.12. The van der Waals surface area contributed by atoms with Gasteiger partial charge in [-0.2, -0.15) is 0 Å². The number of hydrogen-bond acceptors (Lipinski definition) is 3. The summed E-state index contributed by atoms with van der Waals surface area (Å²) in [5.74, 6) is 0.362. The number of benzene rings is 2. The molecule has 0 fully saturated rings. The van der Waals surface area contributed by atoms with Crippen molar-refractivity contribution in [1.82, 2.24) is 0 Å². The van der Waals surface area contributed by atoms with Gasteiger partial charge in [0.05, 0.1) is 12.8 Å². The van der Waals surface area contributed by atoms with Gasteiger partial charge in [-0.1, -0.05) is 0 Å². The second kappa shape index (κ2) is 5.92. The average Bonchev–Trinajstić information content (AvgIpc) is 2.41. The Morgan fingerprint density at radius 2 is 1.89 bits per heavy atom. The number of halogens is 1. The number of amides is 1. The summed E-state index contributed by atoms with van der Waals surface area (Å²) in [5.41, 5.74) is 7.47. The van der Waals surface area contributed by atoms with E-state index in [2.05, 4.69) is 27.9 Å². The van der Waals surface area contributed by atoms with Gasteiger partial charge in [-0.3, -0.25) is 4.79 Å². The van der Waals surface area contributed by atoms with Crippen LogP contribution < -0.4 is 15.8 Å². The number of nitrogens with one attached hydrogen (secondary N) is 1. The lowest BCUT2D eigenvalue weighted by molar-refractivity contribution is 0.102. The first-order chi connectivity index (χ1) is 9.10. The maximum atomic E-state index is 12.0. The third-order valence-electron chi connectivity index (χ3n) is 2.59. The van der Waals surface area contributed by atoms with Gasteiger partial charge in [0, 0.05) is 14.8 Å². The molecule has 1 amide bonds. The minimum absolute atomic E-state index is 0.199. The fourth-order valence-corrected chi connectivity index (χ4v) is 1.97. The molecule has 0 atom stereocenters. The Morgan fingerprint density at radius 1 is 1.21 bits per heavy atom. The number of methoxy groups -OCH3 is 1. The summed E-state index contributed by atoms with van der Waals surface area (Å²) in [6, 6.07) is 12.5. The van der Waals surface area contributed by atoms with Crippen LogP contribution in [0.2, 0.25) is 0 Å². The molecular formula is C14H13IN2O2. The molecule has 2 aromatic rings. The fraction of sp³-hybridized carbons (Fsp3) is 0.0714. The Hall–Kier alpha value is -1.76. The highest BCUT2D eigenvalue weighted by atomic mass is 127. The van der Waals surface area contributed by atoms with E-state index in [0.29, 0.717) is 17.0 Å². The molecular weight excluding hydrogens is 355 g/mol. The summed E-state index contributed by atoms with van der Waals surface area (Å²) >= 11 is 2.21. The highest BCUT2D eigenvalue weighted by Gasteiger charge is 2.08. The second-order valence-corrected chi connectivity index (χ2v) is 5.16. The quantitative estimate of drug-likeness (QED) is 0.646. The molecule has 0 spiro atoms. The van der Waals surface area contributed by atoms with Crippen molar-refractivity contribution in [2.75, 3.05) is 18.2 Å². The molecule has 0 saturated heterocycles. The van der Waals surface area contributed by atoms with Crippen LogP contribution in [-0.2, 0) is 0 Å². The summed E-state index contributed by atoms with van der Waals surface area (Å²) < 4.78 is 6.17. The number of carbonyl (C=O) groups excluding carboxylic acids is 1. The van der Waals surface area contributed by atoms with Crippen LogP contribution in [0.3, 0.4) is 0 Å². The van der Waals surface area contributed by atoms with Crippen molar-refractivity contribution in [2.24, 2.45) is 0 Å². The second-order valence-electron chi connectivity index (χ2n) is 3.92. The predicted molar refractivity (Wildman–Crippen MR) is 84.5 cm³/mol. The van der Waals surface area contributed by atoms with Crippen molar-refractivity contribution >= 4 is 39.9 Å². The Morgan fingerprint density at radius 3 is 2.47 bits per heavy atom. The van der Waals surface area contributed by atoms with E-state index in [1.807, 2.05) is 24.3 Å². The highest BCUT2D eigenvalue weighted by Crippen LogP contribution is 2.22. The number of rotatable bonds is 3. The van der Waals surface area contributed by atoms with Gasteiger partial charge in [-0.05, 0) is 65.1 Å². The summed E-state index contributed by atoms with van der Waals surface area (Å²) in [7, 11) is 1.54. The van der Waals surface area contributed by atoms with Crippen molar-refractivity contribution in [3.05, 3.63) is 51.6 Å². The third-order valence-corrected chi connectivity index (χ3v) is 3.31. The number of anilines is 2. The Balaban J connectivity index is 2.16. The predicted octanol–water partition coefficient (Wildman–Crippen LogP) is 3.13. The van der Waals surface area contributed by atoms with E-state index in [0.717, 1.165) is 9.26 Å². The molecule has 0 aliphatic carbocycles. The smallest absolute Gasteiger partial charge is 0.255 e. The number of nitrogen functional groups attached to an aromatic ring is 1. The van der Waals surface area contributed by atoms with Crippen LogP contribution in [0.25, 0.3) is 0 Å². The van der Waals surface area contributed by atoms with Gasteiger partial charge in [0.15, 0.2) is 0 Å². The SMILES string of the molecule is COc1ccc(C(=O)Nc2ccc(I)cc2)cc1N. The van der Waals surface area contributed by atoms with E-state index in [-0.39, 0.29) is 5.91 Å². The molecule has 3 N–H and O–H groups in total. The van der Waals surface area contributed by atoms with E-state index in [4.69, 9.17) is 10.5 Å². The zero-order valence-corrected chi connectivity index (χ0v) is 12.5. The average molecular weight is 368 g/mol. The van der Waals surface area contributed by atoms with Crippen molar-refractivity contribution < 1.29 is 9.53 Å². The maximum Gasteiger partial charge on any atom is 0.255 e. The monoisotopic (exact) mass is 368 g/mol. The number of ether oxygens (including phenoxy) is 1. The van der Waals surface area contributed by atoms with Gasteiger partial charge >= 0.3 is 0 Å². The molecule has 2 aromatic carbocycles. The van der Waals surface area contributed by atoms with Crippen LogP contribution in [0.15, 0.2) is 42.5 Å². The van der Waals surface area contributed by atoms with E-state index in [1.165, 1.54) is 7.11 Å². The van der Waals surface area contributed by atoms with Gasteiger partial charge in [0.25, 0.3) is 5.91 Å². The zero-order chi connectivity index (χ0) is 13.8. The molecule has 98 valence electrons. The van der Waals surface area contributed by atoms with Gasteiger partial charge in [0.1, 0.15) is 5.75 Å². The molecule has 0 heterocycles. The zero-order valence-electron chi connectivity index (χ0n) is 10.3. The molecule has 19 heavy (non-hydrogen) atoms. The molecule has 4 nitrogen and oxygen atoms in total. The molecule has 2 rings (SSSR count). The van der Waals surface area contributed by atoms with E-state index in [1.54, 1.807) is 18.2 Å². The van der Waals surface area contributed by atoms with E-state index >= 15 is 0 Å². The van der Waals surface area contributed by atoms with Crippen molar-refractivity contribution in [3.63, 3.8) is 0 Å². The van der Waals surface area contributed by atoms with E-state index in [9.17, 15) is 4.79 Å². The first-order valence-corrected chi connectivity index (χ1v) is 6.68. The lowest BCUT2D eigenvalue weighted by Gasteiger charge is -2.08. The van der Waals surface area contributed by atoms with Crippen molar-refractivity contribution in [2.45, 2.75) is 0 Å². The van der Waals surface area contributed by atoms with E-state index < -0.39 is 0 Å². The molecule has 5 heteroatoms. The number of carbonyl (C=O) groups is 1. The van der Waals surface area contributed by atoms with Gasteiger partial charge in [-0.25, -0.2) is 0 Å². The van der Waals surface area contributed by atoms with Crippen molar-refractivity contribution in [3.8, 4) is 5.75 Å². The summed E-state index contributed by atoms with van der Waals surface area (Å²) in [6.07, 6.45) is 0. The lowest BCUT2D eigenvalue weighted by atomic mass is 10.1. The molecule has 0 aromatic heterocycles. The van der Waals surface area contributed by atoms with Gasteiger partial charge in [0.2, 0.25) is 0 Å². The molecule has 0 bridgehead atoms. The first kappa shape index (κ1) is 13.7. The molecule has 0 unspecified atom stereocenters. The first-order valence-electron chi connectivity index (χ1n) is 5.60. The minimum Gasteiger partial charge on any atom is -0.495 e. The molecule has 0 saturated carbocycles. The van der Waals surface area contributed by atoms with Crippen LogP contribution in [0.5, 0.6) is 5.75 Å². The number of hydrogen-bond donors (Lipinski definition) is 2. The largest absolute Gasteiger partial charge is 0.495 e. The van der Waals surface area contributed by atoms with Crippen LogP contribution >= 0.6 is 22.6 Å². The topological polar surface area (TPSA) is 64.3 Å². The standard InChI is InChI=1S/C14H13IN2O2/c1-19-13-7-2-9(8-12(13)16)14(18)17-11-5-3-10(15)4-6-11/h2-8H,16H2,1H3,(H,17,18).